The van der Waals surface area contributed by atoms with Crippen molar-refractivity contribution in [2.24, 2.45) is 17.8 Å². The third kappa shape index (κ3) is 2.33. The van der Waals surface area contributed by atoms with Gasteiger partial charge in [-0.15, -0.1) is 0 Å². The van der Waals surface area contributed by atoms with E-state index in [1.165, 1.54) is 0 Å². The summed E-state index contributed by atoms with van der Waals surface area (Å²) >= 11 is 6.23. The van der Waals surface area contributed by atoms with Crippen molar-refractivity contribution in [3.8, 4) is 0 Å². The van der Waals surface area contributed by atoms with Crippen LogP contribution < -0.4 is 5.32 Å². The summed E-state index contributed by atoms with van der Waals surface area (Å²) in [4.78, 5) is 11.5. The van der Waals surface area contributed by atoms with Gasteiger partial charge in [-0.2, -0.15) is 0 Å². The molecule has 2 bridgehead atoms. The second kappa shape index (κ2) is 5.38. The van der Waals surface area contributed by atoms with Gasteiger partial charge in [0.25, 0.3) is 0 Å². The first kappa shape index (κ1) is 13.9. The molecule has 20 heavy (non-hydrogen) atoms. The molecule has 5 atom stereocenters. The third-order valence-electron chi connectivity index (χ3n) is 5.02. The van der Waals surface area contributed by atoms with Crippen LogP contribution in [-0.4, -0.2) is 17.1 Å². The smallest absolute Gasteiger partial charge is 0.308 e. The molecule has 2 fully saturated rings. The van der Waals surface area contributed by atoms with Crippen molar-refractivity contribution in [1.29, 1.82) is 0 Å². The molecule has 0 aromatic heterocycles. The fraction of sp³-hybridized carbons (Fsp3) is 0.562. The minimum Gasteiger partial charge on any atom is -0.481 e. The minimum atomic E-state index is -0.652. The monoisotopic (exact) mass is 293 g/mol. The van der Waals surface area contributed by atoms with Gasteiger partial charge < -0.3 is 10.4 Å². The van der Waals surface area contributed by atoms with Crippen molar-refractivity contribution < 1.29 is 9.90 Å². The van der Waals surface area contributed by atoms with Gasteiger partial charge >= 0.3 is 5.97 Å². The molecule has 0 heterocycles. The minimum absolute atomic E-state index is 0.0786. The molecule has 0 saturated heterocycles. The van der Waals surface area contributed by atoms with E-state index in [2.05, 4.69) is 12.2 Å². The van der Waals surface area contributed by atoms with Gasteiger partial charge in [-0.3, -0.25) is 4.79 Å². The van der Waals surface area contributed by atoms with Gasteiger partial charge in [-0.1, -0.05) is 29.8 Å². The SMILES string of the molecule is CC(NC1C2CCC(C2)C1C(=O)O)c1ccccc1Cl. The van der Waals surface area contributed by atoms with Crippen LogP contribution in [0.4, 0.5) is 0 Å². The topological polar surface area (TPSA) is 49.3 Å². The fourth-order valence-corrected chi connectivity index (χ4v) is 4.39. The number of carboxylic acids is 1. The standard InChI is InChI=1S/C16H20ClNO2/c1-9(12-4-2-3-5-13(12)17)18-15-11-7-6-10(8-11)14(15)16(19)20/h2-5,9-11,14-15,18H,6-8H2,1H3,(H,19,20). The number of halogens is 1. The molecule has 0 aliphatic heterocycles. The Morgan fingerprint density at radius 3 is 2.75 bits per heavy atom. The number of carboxylic acid groups (broad SMARTS) is 1. The number of aliphatic carboxylic acids is 1. The van der Waals surface area contributed by atoms with Gasteiger partial charge in [0.2, 0.25) is 0 Å². The molecule has 2 aliphatic rings. The van der Waals surface area contributed by atoms with Gasteiger partial charge in [0.15, 0.2) is 0 Å². The normalized spacial score (nSPS) is 33.3. The van der Waals surface area contributed by atoms with Gasteiger partial charge in [0.05, 0.1) is 5.92 Å². The summed E-state index contributed by atoms with van der Waals surface area (Å²) in [5, 5.41) is 13.7. The average molecular weight is 294 g/mol. The first-order chi connectivity index (χ1) is 9.58. The molecule has 0 amide bonds. The summed E-state index contributed by atoms with van der Waals surface area (Å²) in [6.07, 6.45) is 3.28. The molecule has 0 spiro atoms. The van der Waals surface area contributed by atoms with E-state index < -0.39 is 5.97 Å². The van der Waals surface area contributed by atoms with Crippen LogP contribution in [0.5, 0.6) is 0 Å². The predicted octanol–water partition coefficient (Wildman–Crippen LogP) is 3.49. The van der Waals surface area contributed by atoms with Crippen LogP contribution in [-0.2, 0) is 4.79 Å². The molecule has 2 aliphatic carbocycles. The van der Waals surface area contributed by atoms with E-state index in [4.69, 9.17) is 11.6 Å². The molecule has 1 aromatic carbocycles. The Morgan fingerprint density at radius 2 is 2.05 bits per heavy atom. The van der Waals surface area contributed by atoms with Crippen molar-refractivity contribution in [2.75, 3.05) is 0 Å². The molecule has 0 radical (unpaired) electrons. The first-order valence-corrected chi connectivity index (χ1v) is 7.69. The second-order valence-corrected chi connectivity index (χ2v) is 6.54. The van der Waals surface area contributed by atoms with Crippen LogP contribution in [0.2, 0.25) is 5.02 Å². The highest BCUT2D eigenvalue weighted by atomic mass is 35.5. The lowest BCUT2D eigenvalue weighted by Gasteiger charge is -2.32. The molecular weight excluding hydrogens is 274 g/mol. The van der Waals surface area contributed by atoms with E-state index in [1.807, 2.05) is 24.3 Å². The third-order valence-corrected chi connectivity index (χ3v) is 5.36. The quantitative estimate of drug-likeness (QED) is 0.893. The van der Waals surface area contributed by atoms with Gasteiger partial charge in [0.1, 0.15) is 0 Å². The Hall–Kier alpha value is -1.06. The van der Waals surface area contributed by atoms with E-state index in [9.17, 15) is 9.90 Å². The molecule has 2 saturated carbocycles. The summed E-state index contributed by atoms with van der Waals surface area (Å²) in [6, 6.07) is 7.92. The van der Waals surface area contributed by atoms with E-state index in [1.54, 1.807) is 0 Å². The molecule has 2 N–H and O–H groups in total. The molecular formula is C16H20ClNO2. The molecule has 4 heteroatoms. The first-order valence-electron chi connectivity index (χ1n) is 7.31. The Kier molecular flexibility index (Phi) is 3.74. The summed E-state index contributed by atoms with van der Waals surface area (Å²) in [5.41, 5.74) is 1.04. The number of rotatable bonds is 4. The lowest BCUT2D eigenvalue weighted by Crippen LogP contribution is -2.45. The molecule has 1 aromatic rings. The molecule has 3 rings (SSSR count). The Labute approximate surface area is 124 Å². The van der Waals surface area contributed by atoms with E-state index in [0.717, 1.165) is 29.8 Å². The van der Waals surface area contributed by atoms with Crippen molar-refractivity contribution in [2.45, 2.75) is 38.3 Å². The summed E-state index contributed by atoms with van der Waals surface area (Å²) in [5.74, 6) is -0.0285. The van der Waals surface area contributed by atoms with Crippen LogP contribution >= 0.6 is 11.6 Å². The zero-order valence-electron chi connectivity index (χ0n) is 11.6. The average Bonchev–Trinajstić information content (AvgIpc) is 2.99. The highest BCUT2D eigenvalue weighted by molar-refractivity contribution is 6.31. The number of fused-ring (bicyclic) bond motifs is 2. The predicted molar refractivity (Wildman–Crippen MR) is 78.7 cm³/mol. The van der Waals surface area contributed by atoms with Crippen LogP contribution in [0.15, 0.2) is 24.3 Å². The molecule has 3 nitrogen and oxygen atoms in total. The number of benzene rings is 1. The fourth-order valence-electron chi connectivity index (χ4n) is 4.09. The second-order valence-electron chi connectivity index (χ2n) is 6.13. The van der Waals surface area contributed by atoms with Crippen molar-refractivity contribution in [3.05, 3.63) is 34.9 Å². The van der Waals surface area contributed by atoms with E-state index in [-0.39, 0.29) is 18.0 Å². The Balaban J connectivity index is 1.77. The Bertz CT molecular complexity index is 519. The van der Waals surface area contributed by atoms with E-state index >= 15 is 0 Å². The van der Waals surface area contributed by atoms with Crippen molar-refractivity contribution in [1.82, 2.24) is 5.32 Å². The van der Waals surface area contributed by atoms with Crippen LogP contribution in [0.3, 0.4) is 0 Å². The molecule has 108 valence electrons. The summed E-state index contributed by atoms with van der Waals surface area (Å²) in [6.45, 7) is 2.06. The summed E-state index contributed by atoms with van der Waals surface area (Å²) < 4.78 is 0. The maximum atomic E-state index is 11.5. The number of nitrogens with one attached hydrogen (secondary N) is 1. The van der Waals surface area contributed by atoms with Gasteiger partial charge in [0, 0.05) is 17.1 Å². The number of hydrogen-bond acceptors (Lipinski definition) is 2. The Morgan fingerprint density at radius 1 is 1.35 bits per heavy atom. The van der Waals surface area contributed by atoms with E-state index in [0.29, 0.717) is 11.8 Å². The highest BCUT2D eigenvalue weighted by Crippen LogP contribution is 2.49. The number of hydrogen-bond donors (Lipinski definition) is 2. The lowest BCUT2D eigenvalue weighted by atomic mass is 9.84. The molecule has 5 unspecified atom stereocenters. The van der Waals surface area contributed by atoms with Crippen molar-refractivity contribution in [3.63, 3.8) is 0 Å². The largest absolute Gasteiger partial charge is 0.481 e. The zero-order valence-corrected chi connectivity index (χ0v) is 12.3. The van der Waals surface area contributed by atoms with Crippen LogP contribution in [0, 0.1) is 17.8 Å². The summed E-state index contributed by atoms with van der Waals surface area (Å²) in [7, 11) is 0. The van der Waals surface area contributed by atoms with Crippen LogP contribution in [0.1, 0.15) is 37.8 Å². The van der Waals surface area contributed by atoms with Crippen molar-refractivity contribution >= 4 is 17.6 Å². The van der Waals surface area contributed by atoms with Gasteiger partial charge in [-0.25, -0.2) is 0 Å². The maximum absolute atomic E-state index is 11.5. The number of carbonyl (C=O) groups is 1. The maximum Gasteiger partial charge on any atom is 0.308 e. The van der Waals surface area contributed by atoms with Gasteiger partial charge in [-0.05, 0) is 49.7 Å². The lowest BCUT2D eigenvalue weighted by molar-refractivity contribution is -0.144. The van der Waals surface area contributed by atoms with Crippen LogP contribution in [0.25, 0.3) is 0 Å². The zero-order chi connectivity index (χ0) is 14.3. The highest BCUT2D eigenvalue weighted by Gasteiger charge is 2.51.